The molecule has 0 saturated carbocycles. The number of benzene rings is 8. The van der Waals surface area contributed by atoms with Crippen LogP contribution in [0, 0.1) is 0 Å². The van der Waals surface area contributed by atoms with Crippen LogP contribution in [0.1, 0.15) is 52.7 Å². The van der Waals surface area contributed by atoms with E-state index in [2.05, 4.69) is 221 Å². The van der Waals surface area contributed by atoms with Crippen LogP contribution in [0.2, 0.25) is 0 Å². The Labute approximate surface area is 374 Å². The molecule has 11 aromatic rings. The van der Waals surface area contributed by atoms with Gasteiger partial charge in [-0.3, -0.25) is 4.57 Å². The smallest absolute Gasteiger partial charge is 0.238 e. The first-order chi connectivity index (χ1) is 31.0. The van der Waals surface area contributed by atoms with Crippen LogP contribution in [0.15, 0.2) is 188 Å². The van der Waals surface area contributed by atoms with Gasteiger partial charge in [-0.1, -0.05) is 181 Å². The summed E-state index contributed by atoms with van der Waals surface area (Å²) in [6.07, 6.45) is 0. The second-order valence-electron chi connectivity index (χ2n) is 19.0. The van der Waals surface area contributed by atoms with Crippen LogP contribution in [0.25, 0.3) is 100 Å². The predicted octanol–water partition coefficient (Wildman–Crippen LogP) is 15.3. The Morgan fingerprint density at radius 1 is 0.344 bits per heavy atom. The number of para-hydroxylation sites is 1. The van der Waals surface area contributed by atoms with Gasteiger partial charge in [0.2, 0.25) is 5.95 Å². The molecule has 0 aliphatic rings. The number of hydrogen-bond acceptors (Lipinski definition) is 3. The molecule has 0 fully saturated rings. The van der Waals surface area contributed by atoms with Crippen LogP contribution in [0.3, 0.4) is 0 Å². The van der Waals surface area contributed by atoms with Gasteiger partial charge in [-0.25, -0.2) is 4.98 Å². The van der Waals surface area contributed by atoms with Crippen molar-refractivity contribution in [3.05, 3.63) is 199 Å². The lowest BCUT2D eigenvalue weighted by Gasteiger charge is -2.19. The number of nitrogens with zero attached hydrogens (tertiary/aromatic N) is 5. The van der Waals surface area contributed by atoms with Crippen molar-refractivity contribution in [2.45, 2.75) is 52.4 Å². The summed E-state index contributed by atoms with van der Waals surface area (Å²) in [4.78, 5) is 16.0. The fourth-order valence-electron chi connectivity index (χ4n) is 9.24. The van der Waals surface area contributed by atoms with Crippen LogP contribution in [0.5, 0.6) is 0 Å². The maximum absolute atomic E-state index is 5.44. The molecule has 8 aromatic carbocycles. The Morgan fingerprint density at radius 3 is 1.41 bits per heavy atom. The lowest BCUT2D eigenvalue weighted by Crippen LogP contribution is -2.11. The molecule has 310 valence electrons. The average Bonchev–Trinajstić information content (AvgIpc) is 3.84. The molecule has 0 bridgehead atoms. The fourth-order valence-corrected chi connectivity index (χ4v) is 9.24. The van der Waals surface area contributed by atoms with Gasteiger partial charge in [-0.15, -0.1) is 0 Å². The zero-order chi connectivity index (χ0) is 43.7. The number of rotatable bonds is 6. The van der Waals surface area contributed by atoms with E-state index in [-0.39, 0.29) is 10.8 Å². The summed E-state index contributed by atoms with van der Waals surface area (Å²) in [6.45, 7) is 13.7. The van der Waals surface area contributed by atoms with E-state index in [1.165, 1.54) is 38.4 Å². The van der Waals surface area contributed by atoms with Gasteiger partial charge < -0.3 is 4.57 Å². The molecule has 3 aromatic heterocycles. The van der Waals surface area contributed by atoms with Crippen molar-refractivity contribution in [3.8, 4) is 56.7 Å². The van der Waals surface area contributed by atoms with Crippen LogP contribution >= 0.6 is 0 Å². The molecule has 11 rings (SSSR count). The second kappa shape index (κ2) is 15.0. The van der Waals surface area contributed by atoms with E-state index in [0.717, 1.165) is 55.4 Å². The van der Waals surface area contributed by atoms with E-state index < -0.39 is 0 Å². The summed E-state index contributed by atoms with van der Waals surface area (Å²) < 4.78 is 4.71. The largest absolute Gasteiger partial charge is 0.309 e. The summed E-state index contributed by atoms with van der Waals surface area (Å²) in [5, 5.41) is 4.69. The lowest BCUT2D eigenvalue weighted by molar-refractivity contribution is 0.591. The van der Waals surface area contributed by atoms with Gasteiger partial charge in [0.25, 0.3) is 0 Å². The van der Waals surface area contributed by atoms with Gasteiger partial charge in [0.05, 0.1) is 22.1 Å². The Morgan fingerprint density at radius 2 is 0.812 bits per heavy atom. The highest BCUT2D eigenvalue weighted by molar-refractivity contribution is 6.26. The van der Waals surface area contributed by atoms with Crippen molar-refractivity contribution in [1.82, 2.24) is 24.1 Å². The summed E-state index contributed by atoms with van der Waals surface area (Å²) in [6, 6.07) is 67.4. The minimum absolute atomic E-state index is 0.0481. The van der Waals surface area contributed by atoms with Crippen molar-refractivity contribution < 1.29 is 0 Å². The first kappa shape index (κ1) is 39.2. The van der Waals surface area contributed by atoms with Gasteiger partial charge in [0, 0.05) is 38.4 Å². The van der Waals surface area contributed by atoms with E-state index in [4.69, 9.17) is 15.0 Å². The van der Waals surface area contributed by atoms with E-state index in [1.807, 2.05) is 18.2 Å². The number of fused-ring (bicyclic) bond motifs is 7. The molecule has 0 radical (unpaired) electrons. The quantitative estimate of drug-likeness (QED) is 0.168. The third-order valence-corrected chi connectivity index (χ3v) is 12.7. The van der Waals surface area contributed by atoms with Gasteiger partial charge in [-0.05, 0) is 92.7 Å². The molecular formula is C59H49N5. The molecule has 5 heteroatoms. The van der Waals surface area contributed by atoms with Crippen molar-refractivity contribution in [3.63, 3.8) is 0 Å². The molecule has 0 atom stereocenters. The summed E-state index contributed by atoms with van der Waals surface area (Å²) in [5.41, 5.74) is 14.5. The Bertz CT molecular complexity index is 3530. The summed E-state index contributed by atoms with van der Waals surface area (Å²) >= 11 is 0. The van der Waals surface area contributed by atoms with Crippen molar-refractivity contribution in [2.24, 2.45) is 0 Å². The molecule has 0 spiro atoms. The maximum Gasteiger partial charge on any atom is 0.238 e. The van der Waals surface area contributed by atoms with Gasteiger partial charge in [0.15, 0.2) is 11.6 Å². The monoisotopic (exact) mass is 827 g/mol. The van der Waals surface area contributed by atoms with Crippen LogP contribution < -0.4 is 0 Å². The van der Waals surface area contributed by atoms with Crippen molar-refractivity contribution in [1.29, 1.82) is 0 Å². The highest BCUT2D eigenvalue weighted by Gasteiger charge is 2.26. The van der Waals surface area contributed by atoms with Crippen LogP contribution in [0.4, 0.5) is 0 Å². The Kier molecular flexibility index (Phi) is 9.21. The molecule has 0 amide bonds. The lowest BCUT2D eigenvalue weighted by atomic mass is 9.86. The first-order valence-corrected chi connectivity index (χ1v) is 22.2. The molecule has 0 aliphatic carbocycles. The zero-order valence-corrected chi connectivity index (χ0v) is 37.1. The predicted molar refractivity (Wildman–Crippen MR) is 268 cm³/mol. The zero-order valence-electron chi connectivity index (χ0n) is 37.1. The normalized spacial score (nSPS) is 12.2. The van der Waals surface area contributed by atoms with E-state index in [9.17, 15) is 0 Å². The average molecular weight is 828 g/mol. The third-order valence-electron chi connectivity index (χ3n) is 12.7. The second-order valence-corrected chi connectivity index (χ2v) is 19.0. The highest BCUT2D eigenvalue weighted by atomic mass is 15.2. The van der Waals surface area contributed by atoms with Crippen LogP contribution in [-0.4, -0.2) is 24.1 Å². The van der Waals surface area contributed by atoms with Crippen LogP contribution in [-0.2, 0) is 10.8 Å². The van der Waals surface area contributed by atoms with Crippen molar-refractivity contribution in [2.75, 3.05) is 0 Å². The molecule has 5 nitrogen and oxygen atoms in total. The van der Waals surface area contributed by atoms with E-state index in [1.54, 1.807) is 0 Å². The van der Waals surface area contributed by atoms with Crippen molar-refractivity contribution >= 4 is 43.6 Å². The molecule has 3 heterocycles. The third kappa shape index (κ3) is 6.76. The maximum atomic E-state index is 5.44. The van der Waals surface area contributed by atoms with Gasteiger partial charge in [0.1, 0.15) is 0 Å². The number of hydrogen-bond donors (Lipinski definition) is 0. The van der Waals surface area contributed by atoms with Gasteiger partial charge in [-0.2, -0.15) is 9.97 Å². The molecular weight excluding hydrogens is 779 g/mol. The summed E-state index contributed by atoms with van der Waals surface area (Å²) in [7, 11) is 0. The molecule has 0 aliphatic heterocycles. The van der Waals surface area contributed by atoms with E-state index in [0.29, 0.717) is 17.6 Å². The number of aromatic nitrogens is 5. The molecule has 0 saturated heterocycles. The minimum Gasteiger partial charge on any atom is -0.309 e. The molecule has 0 N–H and O–H groups in total. The fraction of sp³-hybridized carbons (Fsp3) is 0.136. The molecule has 64 heavy (non-hydrogen) atoms. The Balaban J connectivity index is 1.19. The SMILES string of the molecule is CC(C)(C)c1ccc2c(c1)c1c(ccc3c4cc(C(C)(C)C)ccc4n(-c4nc(-c5ccccc5)nc(-c5ccc(-c6cccc(-c7ccccc7)c6)cc5)n4)c31)n2-c1ccccc1. The Hall–Kier alpha value is -7.63. The first-order valence-electron chi connectivity index (χ1n) is 22.2. The molecule has 0 unspecified atom stereocenters. The highest BCUT2D eigenvalue weighted by Crippen LogP contribution is 2.44. The summed E-state index contributed by atoms with van der Waals surface area (Å²) in [5.74, 6) is 1.81. The van der Waals surface area contributed by atoms with Gasteiger partial charge >= 0.3 is 0 Å². The minimum atomic E-state index is -0.0501. The standard InChI is InChI=1S/C59H49N5/c1-58(2,3)44-29-32-50-48(36-44)47-31-34-52-53(49-37-45(59(4,5)6)30-33-51(49)63(52)46-23-14-9-15-24-46)54(47)64(50)57-61-55(40-19-12-8-13-20-40)60-56(62-57)41-27-25-39(26-28-41)43-22-16-21-42(35-43)38-17-10-7-11-18-38/h7-37H,1-6H3. The van der Waals surface area contributed by atoms with E-state index >= 15 is 0 Å². The topological polar surface area (TPSA) is 48.5 Å².